The number of hydrogen-bond acceptors (Lipinski definition) is 4. The Kier molecular flexibility index (Phi) is 4.90. The van der Waals surface area contributed by atoms with Crippen LogP contribution in [-0.4, -0.2) is 29.3 Å². The molecule has 0 radical (unpaired) electrons. The van der Waals surface area contributed by atoms with Crippen molar-refractivity contribution in [1.29, 1.82) is 0 Å². The van der Waals surface area contributed by atoms with E-state index in [0.29, 0.717) is 13.1 Å². The molecule has 4 nitrogen and oxygen atoms in total. The van der Waals surface area contributed by atoms with Crippen molar-refractivity contribution >= 4 is 0 Å². The van der Waals surface area contributed by atoms with Gasteiger partial charge in [0.05, 0.1) is 18.4 Å². The lowest BCUT2D eigenvalue weighted by Crippen LogP contribution is -2.36. The molecule has 1 rings (SSSR count). The summed E-state index contributed by atoms with van der Waals surface area (Å²) in [5.41, 5.74) is 1.20. The van der Waals surface area contributed by atoms with E-state index in [1.165, 1.54) is 0 Å². The van der Waals surface area contributed by atoms with Crippen LogP contribution >= 0.6 is 0 Å². The van der Waals surface area contributed by atoms with Crippen molar-refractivity contribution in [2.45, 2.75) is 39.3 Å². The fraction of sp³-hybridized carbons (Fsp3) is 0.615. The number of ether oxygens (including phenoxy) is 1. The quantitative estimate of drug-likeness (QED) is 0.791. The third-order valence-electron chi connectivity index (χ3n) is 2.79. The second kappa shape index (κ2) is 5.98. The first-order chi connectivity index (χ1) is 7.96. The standard InChI is InChI=1S/C13H22N2O2/c1-5-13(3,16)9-14-8-11-7-12(17-4)6-10(2)15-11/h6-7,14,16H,5,8-9H2,1-4H3. The molecular formula is C13H22N2O2. The zero-order valence-corrected chi connectivity index (χ0v) is 11.1. The van der Waals surface area contributed by atoms with Gasteiger partial charge in [0.2, 0.25) is 0 Å². The summed E-state index contributed by atoms with van der Waals surface area (Å²) >= 11 is 0. The molecule has 0 saturated heterocycles. The molecule has 0 aliphatic heterocycles. The number of rotatable bonds is 6. The van der Waals surface area contributed by atoms with Gasteiger partial charge in [-0.05, 0) is 20.3 Å². The Bertz CT molecular complexity index is 364. The number of aromatic nitrogens is 1. The van der Waals surface area contributed by atoms with Gasteiger partial charge in [-0.3, -0.25) is 4.98 Å². The summed E-state index contributed by atoms with van der Waals surface area (Å²) < 4.78 is 5.19. The maximum absolute atomic E-state index is 9.85. The third kappa shape index (κ3) is 4.71. The van der Waals surface area contributed by atoms with Gasteiger partial charge < -0.3 is 15.2 Å². The van der Waals surface area contributed by atoms with E-state index >= 15 is 0 Å². The number of methoxy groups -OCH3 is 1. The van der Waals surface area contributed by atoms with Gasteiger partial charge in [0.1, 0.15) is 5.75 Å². The molecule has 0 amide bonds. The van der Waals surface area contributed by atoms with Gasteiger partial charge in [0.15, 0.2) is 0 Å². The minimum absolute atomic E-state index is 0.557. The Labute approximate surface area is 103 Å². The van der Waals surface area contributed by atoms with E-state index in [9.17, 15) is 5.11 Å². The van der Waals surface area contributed by atoms with Crippen molar-refractivity contribution in [2.24, 2.45) is 0 Å². The van der Waals surface area contributed by atoms with Crippen LogP contribution in [0.15, 0.2) is 12.1 Å². The molecule has 1 atom stereocenters. The molecule has 0 aromatic carbocycles. The number of aliphatic hydroxyl groups is 1. The summed E-state index contributed by atoms with van der Waals surface area (Å²) in [6.07, 6.45) is 0.727. The van der Waals surface area contributed by atoms with E-state index < -0.39 is 5.60 Å². The lowest BCUT2D eigenvalue weighted by Gasteiger charge is -2.21. The maximum Gasteiger partial charge on any atom is 0.122 e. The molecule has 2 N–H and O–H groups in total. The van der Waals surface area contributed by atoms with Crippen molar-refractivity contribution < 1.29 is 9.84 Å². The number of nitrogens with zero attached hydrogens (tertiary/aromatic N) is 1. The predicted octanol–water partition coefficient (Wildman–Crippen LogP) is 1.65. The molecule has 1 aromatic heterocycles. The lowest BCUT2D eigenvalue weighted by atomic mass is 10.0. The molecular weight excluding hydrogens is 216 g/mol. The highest BCUT2D eigenvalue weighted by molar-refractivity contribution is 5.26. The van der Waals surface area contributed by atoms with Crippen molar-refractivity contribution in [3.63, 3.8) is 0 Å². The van der Waals surface area contributed by atoms with Crippen LogP contribution in [-0.2, 0) is 6.54 Å². The monoisotopic (exact) mass is 238 g/mol. The van der Waals surface area contributed by atoms with E-state index in [2.05, 4.69) is 10.3 Å². The van der Waals surface area contributed by atoms with Gasteiger partial charge in [-0.2, -0.15) is 0 Å². The van der Waals surface area contributed by atoms with Gasteiger partial charge >= 0.3 is 0 Å². The minimum Gasteiger partial charge on any atom is -0.497 e. The molecule has 0 spiro atoms. The molecule has 1 unspecified atom stereocenters. The largest absolute Gasteiger partial charge is 0.497 e. The summed E-state index contributed by atoms with van der Waals surface area (Å²) in [5, 5.41) is 13.1. The summed E-state index contributed by atoms with van der Waals surface area (Å²) in [5.74, 6) is 0.816. The Morgan fingerprint density at radius 2 is 2.18 bits per heavy atom. The van der Waals surface area contributed by atoms with E-state index in [1.54, 1.807) is 7.11 Å². The molecule has 0 bridgehead atoms. The summed E-state index contributed by atoms with van der Waals surface area (Å²) in [6.45, 7) is 6.92. The normalized spacial score (nSPS) is 14.4. The van der Waals surface area contributed by atoms with Crippen molar-refractivity contribution in [1.82, 2.24) is 10.3 Å². The second-order valence-corrected chi connectivity index (χ2v) is 4.59. The van der Waals surface area contributed by atoms with Crippen LogP contribution in [0.2, 0.25) is 0 Å². The molecule has 4 heteroatoms. The first-order valence-electron chi connectivity index (χ1n) is 5.91. The average Bonchev–Trinajstić information content (AvgIpc) is 2.28. The molecule has 0 saturated carbocycles. The summed E-state index contributed by atoms with van der Waals surface area (Å²) in [6, 6.07) is 3.80. The summed E-state index contributed by atoms with van der Waals surface area (Å²) in [4.78, 5) is 4.40. The Morgan fingerprint density at radius 3 is 2.76 bits per heavy atom. The van der Waals surface area contributed by atoms with E-state index in [4.69, 9.17) is 4.74 Å². The predicted molar refractivity (Wildman–Crippen MR) is 68.1 cm³/mol. The molecule has 17 heavy (non-hydrogen) atoms. The van der Waals surface area contributed by atoms with Gasteiger partial charge in [-0.15, -0.1) is 0 Å². The van der Waals surface area contributed by atoms with Crippen LogP contribution in [0.4, 0.5) is 0 Å². The zero-order chi connectivity index (χ0) is 12.9. The van der Waals surface area contributed by atoms with E-state index in [1.807, 2.05) is 32.9 Å². The summed E-state index contributed by atoms with van der Waals surface area (Å²) in [7, 11) is 1.65. The molecule has 0 fully saturated rings. The van der Waals surface area contributed by atoms with Crippen LogP contribution in [0.5, 0.6) is 5.75 Å². The van der Waals surface area contributed by atoms with E-state index in [0.717, 1.165) is 23.6 Å². The Hall–Kier alpha value is -1.13. The Morgan fingerprint density at radius 1 is 1.47 bits per heavy atom. The molecule has 1 aromatic rings. The third-order valence-corrected chi connectivity index (χ3v) is 2.79. The fourth-order valence-electron chi connectivity index (χ4n) is 1.50. The van der Waals surface area contributed by atoms with Gasteiger partial charge in [0, 0.05) is 30.9 Å². The van der Waals surface area contributed by atoms with Crippen LogP contribution < -0.4 is 10.1 Å². The molecule has 0 aliphatic rings. The SMILES string of the molecule is CCC(C)(O)CNCc1cc(OC)cc(C)n1. The molecule has 1 heterocycles. The smallest absolute Gasteiger partial charge is 0.122 e. The first kappa shape index (κ1) is 13.9. The highest BCUT2D eigenvalue weighted by atomic mass is 16.5. The average molecular weight is 238 g/mol. The highest BCUT2D eigenvalue weighted by Crippen LogP contribution is 2.13. The zero-order valence-electron chi connectivity index (χ0n) is 11.1. The number of nitrogens with one attached hydrogen (secondary N) is 1. The maximum atomic E-state index is 9.85. The number of aryl methyl sites for hydroxylation is 1. The van der Waals surface area contributed by atoms with E-state index in [-0.39, 0.29) is 0 Å². The van der Waals surface area contributed by atoms with Crippen molar-refractivity contribution in [2.75, 3.05) is 13.7 Å². The topological polar surface area (TPSA) is 54.4 Å². The highest BCUT2D eigenvalue weighted by Gasteiger charge is 2.16. The van der Waals surface area contributed by atoms with Gasteiger partial charge in [-0.25, -0.2) is 0 Å². The molecule has 96 valence electrons. The fourth-order valence-corrected chi connectivity index (χ4v) is 1.50. The van der Waals surface area contributed by atoms with Crippen LogP contribution in [0.25, 0.3) is 0 Å². The van der Waals surface area contributed by atoms with Crippen LogP contribution in [0.1, 0.15) is 31.7 Å². The minimum atomic E-state index is -0.659. The van der Waals surface area contributed by atoms with Crippen molar-refractivity contribution in [3.8, 4) is 5.75 Å². The van der Waals surface area contributed by atoms with Crippen LogP contribution in [0.3, 0.4) is 0 Å². The number of pyridine rings is 1. The number of hydrogen-bond donors (Lipinski definition) is 2. The second-order valence-electron chi connectivity index (χ2n) is 4.59. The van der Waals surface area contributed by atoms with Crippen LogP contribution in [0, 0.1) is 6.92 Å². The Balaban J connectivity index is 2.55. The molecule has 0 aliphatic carbocycles. The van der Waals surface area contributed by atoms with Crippen molar-refractivity contribution in [3.05, 3.63) is 23.5 Å². The lowest BCUT2D eigenvalue weighted by molar-refractivity contribution is 0.0555. The van der Waals surface area contributed by atoms with Gasteiger partial charge in [0.25, 0.3) is 0 Å². The first-order valence-corrected chi connectivity index (χ1v) is 5.91. The van der Waals surface area contributed by atoms with Gasteiger partial charge in [-0.1, -0.05) is 6.92 Å².